The highest BCUT2D eigenvalue weighted by molar-refractivity contribution is 7.16. The Kier molecular flexibility index (Phi) is 7.94. The molecule has 1 aliphatic carbocycles. The van der Waals surface area contributed by atoms with Crippen LogP contribution in [0, 0.1) is 18.3 Å². The van der Waals surface area contributed by atoms with Gasteiger partial charge >= 0.3 is 6.09 Å². The summed E-state index contributed by atoms with van der Waals surface area (Å²) in [5, 5.41) is 19.2. The number of aliphatic imine (C=N–C) groups is 1. The van der Waals surface area contributed by atoms with Gasteiger partial charge in [-0.2, -0.15) is 5.26 Å². The molecule has 2 aromatic rings. The number of carbonyl (C=O) groups is 2. The van der Waals surface area contributed by atoms with E-state index in [1.807, 2.05) is 0 Å². The van der Waals surface area contributed by atoms with Crippen molar-refractivity contribution in [2.24, 2.45) is 4.99 Å². The van der Waals surface area contributed by atoms with Gasteiger partial charge in [-0.3, -0.25) is 9.79 Å². The summed E-state index contributed by atoms with van der Waals surface area (Å²) in [6, 6.07) is 2.19. The Labute approximate surface area is 195 Å². The van der Waals surface area contributed by atoms with Gasteiger partial charge in [-0.05, 0) is 43.7 Å². The number of nitrogens with one attached hydrogen (secondary N) is 2. The van der Waals surface area contributed by atoms with Crippen molar-refractivity contribution >= 4 is 35.1 Å². The van der Waals surface area contributed by atoms with Crippen LogP contribution in [-0.4, -0.2) is 30.0 Å². The number of amides is 2. The fourth-order valence-corrected chi connectivity index (χ4v) is 4.57. The number of anilines is 1. The Hall–Kier alpha value is -3.97. The van der Waals surface area contributed by atoms with Gasteiger partial charge in [0.25, 0.3) is 0 Å². The molecule has 10 heteroatoms. The minimum Gasteiger partial charge on any atom is -0.446 e. The number of allylic oxidation sites excluding steroid dienone is 3. The van der Waals surface area contributed by atoms with E-state index in [9.17, 15) is 14.9 Å². The lowest BCUT2D eigenvalue weighted by molar-refractivity contribution is -0.111. The number of nitriles is 1. The summed E-state index contributed by atoms with van der Waals surface area (Å²) in [6.07, 6.45) is 8.28. The van der Waals surface area contributed by atoms with Crippen molar-refractivity contribution in [1.82, 2.24) is 10.5 Å². The smallest absolute Gasteiger partial charge is 0.407 e. The topological polar surface area (TPSA) is 130 Å². The molecule has 1 atom stereocenters. The number of aryl methyl sites for hydroxylation is 1. The second-order valence-corrected chi connectivity index (χ2v) is 8.29. The quantitative estimate of drug-likeness (QED) is 0.345. The van der Waals surface area contributed by atoms with Crippen LogP contribution in [0.4, 0.5) is 9.80 Å². The van der Waals surface area contributed by atoms with E-state index < -0.39 is 6.09 Å². The number of hydrogen-bond donors (Lipinski definition) is 2. The molecule has 0 bridgehead atoms. The maximum Gasteiger partial charge on any atom is 0.407 e. The van der Waals surface area contributed by atoms with Crippen LogP contribution < -0.4 is 10.6 Å². The monoisotopic (exact) mass is 465 g/mol. The molecular formula is C23H23N5O4S. The summed E-state index contributed by atoms with van der Waals surface area (Å²) in [7, 11) is 0. The molecule has 1 aliphatic rings. The van der Waals surface area contributed by atoms with Crippen molar-refractivity contribution in [3.63, 3.8) is 0 Å². The molecule has 0 radical (unpaired) electrons. The summed E-state index contributed by atoms with van der Waals surface area (Å²) in [5.74, 6) is 0.261. The number of fused-ring (bicyclic) bond motifs is 1. The zero-order valence-corrected chi connectivity index (χ0v) is 18.9. The van der Waals surface area contributed by atoms with Crippen LogP contribution >= 0.6 is 11.3 Å². The third-order valence-electron chi connectivity index (χ3n) is 5.02. The van der Waals surface area contributed by atoms with Crippen molar-refractivity contribution in [3.8, 4) is 6.07 Å². The number of nitrogens with zero attached hydrogens (tertiary/aromatic N) is 3. The highest BCUT2D eigenvalue weighted by atomic mass is 32.1. The highest BCUT2D eigenvalue weighted by Crippen LogP contribution is 2.38. The van der Waals surface area contributed by atoms with E-state index in [1.54, 1.807) is 25.3 Å². The lowest BCUT2D eigenvalue weighted by Gasteiger charge is -2.22. The van der Waals surface area contributed by atoms with Crippen LogP contribution in [0.15, 0.2) is 52.3 Å². The lowest BCUT2D eigenvalue weighted by Crippen LogP contribution is -2.31. The first-order valence-electron chi connectivity index (χ1n) is 10.1. The zero-order valence-electron chi connectivity index (χ0n) is 18.1. The van der Waals surface area contributed by atoms with Crippen molar-refractivity contribution < 1.29 is 18.8 Å². The first-order valence-corrected chi connectivity index (χ1v) is 10.9. The summed E-state index contributed by atoms with van der Waals surface area (Å²) in [6.45, 7) is 9.04. The molecule has 2 heterocycles. The van der Waals surface area contributed by atoms with E-state index in [0.717, 1.165) is 16.0 Å². The molecule has 0 spiro atoms. The van der Waals surface area contributed by atoms with Gasteiger partial charge in [-0.25, -0.2) is 4.79 Å². The first-order chi connectivity index (χ1) is 15.9. The molecule has 2 aromatic heterocycles. The van der Waals surface area contributed by atoms with Crippen molar-refractivity contribution in [2.75, 3.05) is 5.32 Å². The third kappa shape index (κ3) is 6.05. The van der Waals surface area contributed by atoms with Gasteiger partial charge in [-0.1, -0.05) is 17.8 Å². The number of ether oxygens (including phenoxy) is 1. The fourth-order valence-electron chi connectivity index (χ4n) is 3.31. The van der Waals surface area contributed by atoms with Gasteiger partial charge in [-0.15, -0.1) is 11.3 Å². The summed E-state index contributed by atoms with van der Waals surface area (Å²) in [5.41, 5.74) is 2.75. The molecule has 0 saturated heterocycles. The minimum absolute atomic E-state index is 0.263. The average Bonchev–Trinajstić information content (AvgIpc) is 3.36. The largest absolute Gasteiger partial charge is 0.446 e. The Bertz CT molecular complexity index is 1170. The van der Waals surface area contributed by atoms with Gasteiger partial charge in [0.1, 0.15) is 22.9 Å². The van der Waals surface area contributed by atoms with Crippen LogP contribution in [0.3, 0.4) is 0 Å². The predicted octanol–water partition coefficient (Wildman–Crippen LogP) is 3.97. The number of alkyl carbamates (subject to hydrolysis) is 1. The second kappa shape index (κ2) is 11.1. The maximum absolute atomic E-state index is 12.3. The molecule has 170 valence electrons. The van der Waals surface area contributed by atoms with E-state index in [4.69, 9.17) is 9.26 Å². The van der Waals surface area contributed by atoms with Crippen molar-refractivity contribution in [1.29, 1.82) is 5.26 Å². The van der Waals surface area contributed by atoms with Crippen LogP contribution in [0.25, 0.3) is 0 Å². The number of hydrogen-bond acceptors (Lipinski definition) is 8. The molecule has 0 aliphatic heterocycles. The van der Waals surface area contributed by atoms with Crippen LogP contribution in [0.2, 0.25) is 0 Å². The summed E-state index contributed by atoms with van der Waals surface area (Å²) >= 11 is 1.33. The van der Waals surface area contributed by atoms with Crippen LogP contribution in [0.1, 0.15) is 33.7 Å². The fraction of sp³-hybridized carbons (Fsp3) is 0.261. The Morgan fingerprint density at radius 3 is 2.97 bits per heavy atom. The summed E-state index contributed by atoms with van der Waals surface area (Å²) in [4.78, 5) is 29.1. The molecule has 2 amide bonds. The second-order valence-electron chi connectivity index (χ2n) is 7.19. The molecule has 3 rings (SSSR count). The number of rotatable bonds is 8. The highest BCUT2D eigenvalue weighted by Gasteiger charge is 2.28. The first kappa shape index (κ1) is 23.7. The molecule has 2 N–H and O–H groups in total. The lowest BCUT2D eigenvalue weighted by atomic mass is 9.94. The molecule has 9 nitrogen and oxygen atoms in total. The third-order valence-corrected chi connectivity index (χ3v) is 6.19. The molecule has 0 saturated carbocycles. The molecule has 33 heavy (non-hydrogen) atoms. The van der Waals surface area contributed by atoms with Gasteiger partial charge < -0.3 is 19.9 Å². The molecule has 1 unspecified atom stereocenters. The summed E-state index contributed by atoms with van der Waals surface area (Å²) < 4.78 is 10.5. The van der Waals surface area contributed by atoms with Gasteiger partial charge in [0, 0.05) is 29.1 Å². The van der Waals surface area contributed by atoms with E-state index in [0.29, 0.717) is 41.2 Å². The van der Waals surface area contributed by atoms with E-state index in [-0.39, 0.29) is 18.6 Å². The maximum atomic E-state index is 12.3. The molecular weight excluding hydrogens is 442 g/mol. The number of aromatic nitrogens is 1. The van der Waals surface area contributed by atoms with Gasteiger partial charge in [0.15, 0.2) is 0 Å². The standard InChI is InChI=1S/C23H23N5O4S/c1-4-15(11-25-3)5-8-21(29)28-22-19(10-24)18-7-6-17(9-20(18)33-22)31-23(30)26-12-16-13-27-32-14(16)2/h4-5,8,11,13,17H,1,3,6-7,9,12H2,2H3,(H,26,30)(H,28,29)/b8-5+,15-11+. The Morgan fingerprint density at radius 2 is 2.30 bits per heavy atom. The molecule has 0 fully saturated rings. The molecule has 0 aromatic carbocycles. The van der Waals surface area contributed by atoms with Crippen molar-refractivity contribution in [3.05, 3.63) is 70.1 Å². The minimum atomic E-state index is -0.528. The van der Waals surface area contributed by atoms with Gasteiger partial charge in [0.05, 0.1) is 18.3 Å². The van der Waals surface area contributed by atoms with E-state index >= 15 is 0 Å². The van der Waals surface area contributed by atoms with E-state index in [2.05, 4.69) is 40.1 Å². The SMILES string of the molecule is C=CC(/C=C/C(=O)Nc1sc2c(c1C#N)CCC(OC(=O)NCc1cnoc1C)C2)=C\N=C. The average molecular weight is 466 g/mol. The normalized spacial score (nSPS) is 15.4. The number of thiophene rings is 1. The Morgan fingerprint density at radius 1 is 1.48 bits per heavy atom. The van der Waals surface area contributed by atoms with Gasteiger partial charge in [0.2, 0.25) is 5.91 Å². The Balaban J connectivity index is 1.61. The van der Waals surface area contributed by atoms with Crippen LogP contribution in [0.5, 0.6) is 0 Å². The van der Waals surface area contributed by atoms with Crippen LogP contribution in [-0.2, 0) is 28.9 Å². The predicted molar refractivity (Wildman–Crippen MR) is 125 cm³/mol. The zero-order chi connectivity index (χ0) is 23.8. The van der Waals surface area contributed by atoms with E-state index in [1.165, 1.54) is 23.6 Å². The number of carbonyl (C=O) groups excluding carboxylic acids is 2. The van der Waals surface area contributed by atoms with Crippen molar-refractivity contribution in [2.45, 2.75) is 38.8 Å².